The van der Waals surface area contributed by atoms with E-state index in [0.29, 0.717) is 41.8 Å². The summed E-state index contributed by atoms with van der Waals surface area (Å²) in [6.45, 7) is 23.5. The number of likely N-dealkylation sites (tertiary alicyclic amines) is 1. The molecule has 0 spiro atoms. The summed E-state index contributed by atoms with van der Waals surface area (Å²) in [5, 5.41) is 7.91. The summed E-state index contributed by atoms with van der Waals surface area (Å²) < 4.78 is 22.7. The van der Waals surface area contributed by atoms with Gasteiger partial charge in [0.15, 0.2) is 0 Å². The Hall–Kier alpha value is -4.47. The van der Waals surface area contributed by atoms with E-state index in [-0.39, 0.29) is 23.8 Å². The van der Waals surface area contributed by atoms with Crippen molar-refractivity contribution in [1.29, 1.82) is 0 Å². The number of hydrogen-bond acceptors (Lipinski definition) is 9. The van der Waals surface area contributed by atoms with Crippen molar-refractivity contribution in [1.82, 2.24) is 10.2 Å². The van der Waals surface area contributed by atoms with Crippen LogP contribution in [0.4, 0.5) is 0 Å². The summed E-state index contributed by atoms with van der Waals surface area (Å²) in [5.41, 5.74) is 2.85. The van der Waals surface area contributed by atoms with E-state index in [1.54, 1.807) is 0 Å². The van der Waals surface area contributed by atoms with E-state index in [9.17, 15) is 14.4 Å². The quantitative estimate of drug-likeness (QED) is 0.116. The van der Waals surface area contributed by atoms with Crippen LogP contribution in [0.1, 0.15) is 148 Å². The van der Waals surface area contributed by atoms with Crippen molar-refractivity contribution < 1.29 is 33.3 Å². The molecule has 2 heterocycles. The van der Waals surface area contributed by atoms with Crippen LogP contribution in [0, 0.1) is 34.5 Å². The Morgan fingerprint density at radius 1 is 0.567 bits per heavy atom. The van der Waals surface area contributed by atoms with Crippen molar-refractivity contribution >= 4 is 39.8 Å². The van der Waals surface area contributed by atoms with Crippen molar-refractivity contribution in [3.8, 4) is 11.5 Å². The Morgan fingerprint density at radius 3 is 1.46 bits per heavy atom. The average Bonchev–Trinajstić information content (AvgIpc) is 3.32. The molecular weight excluding hydrogens is 837 g/mol. The van der Waals surface area contributed by atoms with Crippen molar-refractivity contribution in [3.05, 3.63) is 83.9 Å². The molecule has 67 heavy (non-hydrogen) atoms. The summed E-state index contributed by atoms with van der Waals surface area (Å²) in [7, 11) is 0. The molecule has 0 atom stereocenters. The molecule has 4 fully saturated rings. The van der Waals surface area contributed by atoms with Crippen LogP contribution in [0.15, 0.2) is 72.8 Å². The molecule has 0 aromatic heterocycles. The number of hydrogen-bond donors (Lipinski definition) is 1. The summed E-state index contributed by atoms with van der Waals surface area (Å²) in [6.07, 6.45) is 14.9. The molecule has 2 aliphatic heterocycles. The van der Waals surface area contributed by atoms with Crippen LogP contribution in [-0.2, 0) is 25.6 Å². The maximum atomic E-state index is 12.0. The number of piperidine rings is 2. The van der Waals surface area contributed by atoms with Crippen LogP contribution in [0.5, 0.6) is 11.5 Å². The lowest BCUT2D eigenvalue weighted by Crippen LogP contribution is -2.36. The Morgan fingerprint density at radius 2 is 1.00 bits per heavy atom. The lowest BCUT2D eigenvalue weighted by molar-refractivity contribution is -0.150. The van der Waals surface area contributed by atoms with Gasteiger partial charge in [0, 0.05) is 12.1 Å². The Bertz CT molecular complexity index is 2180. The van der Waals surface area contributed by atoms with Gasteiger partial charge >= 0.3 is 11.9 Å². The maximum Gasteiger partial charge on any atom is 0.309 e. The third-order valence-electron chi connectivity index (χ3n) is 14.8. The number of carbonyl (C=O) groups is 3. The minimum Gasteiger partial charge on any atom is -0.490 e. The van der Waals surface area contributed by atoms with Crippen molar-refractivity contribution in [2.24, 2.45) is 34.5 Å². The number of benzene rings is 4. The van der Waals surface area contributed by atoms with E-state index >= 15 is 0 Å². The van der Waals surface area contributed by atoms with Gasteiger partial charge < -0.3 is 24.3 Å². The average molecular weight is 919 g/mol. The first kappa shape index (κ1) is 51.9. The highest BCUT2D eigenvalue weighted by Gasteiger charge is 2.32. The van der Waals surface area contributed by atoms with Gasteiger partial charge in [0.1, 0.15) is 17.8 Å². The van der Waals surface area contributed by atoms with Crippen molar-refractivity contribution in [3.63, 3.8) is 0 Å². The van der Waals surface area contributed by atoms with Gasteiger partial charge in [-0.05, 0) is 203 Å². The van der Waals surface area contributed by atoms with E-state index in [4.69, 9.17) is 18.9 Å². The molecule has 4 aromatic carbocycles. The van der Waals surface area contributed by atoms with E-state index in [1.807, 2.05) is 44.2 Å². The van der Waals surface area contributed by atoms with Gasteiger partial charge in [0.25, 0.3) is 0 Å². The highest BCUT2D eigenvalue weighted by atomic mass is 16.5. The first-order chi connectivity index (χ1) is 32.1. The van der Waals surface area contributed by atoms with E-state index < -0.39 is 0 Å². The zero-order valence-corrected chi connectivity index (χ0v) is 42.2. The SMILES string of the molecule is CC(C)(C)C1CCC(Oc2ccc3cc(C=O)ccc3c2)CC1.CCOC(=O)C1CCN(Cc2ccc3cc(OC4CCC(C(C)(C)C)CC4)ccc3c2)CC1.CCOC(=O)C1CCNCC1. The molecule has 2 aliphatic carbocycles. The summed E-state index contributed by atoms with van der Waals surface area (Å²) in [5.74, 6) is 3.73. The third-order valence-corrected chi connectivity index (χ3v) is 14.8. The second-order valence-electron chi connectivity index (χ2n) is 21.7. The Balaban J connectivity index is 0.000000188. The standard InChI is InChI=1S/C29H41NO3.C21H26O2.C8H15NO2/c1-5-32-28(31)22-14-16-30(17-15-22)20-21-6-7-24-19-27(11-8-23(24)18-21)33-26-12-9-25(10-13-26)29(2,3)4;1-21(2,3)18-7-10-19(11-8-18)23-20-9-6-16-12-15(14-22)4-5-17(16)13-20;1-2-11-8(10)7-3-5-9-6-4-7/h6-8,11,18-19,22,25-26H,5,9-10,12-17,20H2,1-4H3;4-6,9,12-14,18-19H,7-8,10-11H2,1-3H3;7,9H,2-6H2,1H3. The smallest absolute Gasteiger partial charge is 0.309 e. The zero-order valence-electron chi connectivity index (χ0n) is 42.2. The van der Waals surface area contributed by atoms with Crippen LogP contribution >= 0.6 is 0 Å². The second kappa shape index (κ2) is 24.7. The number of aldehydes is 1. The minimum absolute atomic E-state index is 0.0194. The molecule has 0 amide bonds. The molecule has 0 radical (unpaired) electrons. The topological polar surface area (TPSA) is 103 Å². The molecule has 4 aliphatic rings. The lowest BCUT2D eigenvalue weighted by Gasteiger charge is -2.37. The van der Waals surface area contributed by atoms with Crippen LogP contribution < -0.4 is 14.8 Å². The molecule has 0 bridgehead atoms. The number of ether oxygens (including phenoxy) is 4. The molecule has 2 saturated heterocycles. The lowest BCUT2D eigenvalue weighted by atomic mass is 9.72. The van der Waals surface area contributed by atoms with Gasteiger partial charge in [-0.25, -0.2) is 0 Å². The molecule has 9 nitrogen and oxygen atoms in total. The van der Waals surface area contributed by atoms with Crippen LogP contribution in [0.2, 0.25) is 0 Å². The highest BCUT2D eigenvalue weighted by molar-refractivity contribution is 5.89. The van der Waals surface area contributed by atoms with Crippen LogP contribution in [0.25, 0.3) is 21.5 Å². The predicted octanol–water partition coefficient (Wildman–Crippen LogP) is 12.8. The molecule has 2 saturated carbocycles. The minimum atomic E-state index is -0.0249. The fraction of sp³-hybridized carbons (Fsp3) is 0.603. The highest BCUT2D eigenvalue weighted by Crippen LogP contribution is 2.40. The largest absolute Gasteiger partial charge is 0.490 e. The van der Waals surface area contributed by atoms with Gasteiger partial charge in [-0.1, -0.05) is 77.9 Å². The molecule has 366 valence electrons. The number of nitrogens with one attached hydrogen (secondary N) is 1. The first-order valence-electron chi connectivity index (χ1n) is 25.7. The number of rotatable bonds is 11. The van der Waals surface area contributed by atoms with E-state index in [2.05, 4.69) is 94.2 Å². The molecule has 0 unspecified atom stereocenters. The monoisotopic (exact) mass is 919 g/mol. The van der Waals surface area contributed by atoms with Gasteiger partial charge in [-0.2, -0.15) is 0 Å². The molecule has 9 heteroatoms. The van der Waals surface area contributed by atoms with Gasteiger partial charge in [-0.3, -0.25) is 19.3 Å². The predicted molar refractivity (Wildman–Crippen MR) is 272 cm³/mol. The van der Waals surface area contributed by atoms with Gasteiger partial charge in [0.05, 0.1) is 37.3 Å². The number of fused-ring (bicyclic) bond motifs is 2. The fourth-order valence-electron chi connectivity index (χ4n) is 10.5. The molecule has 1 N–H and O–H groups in total. The maximum absolute atomic E-state index is 12.0. The zero-order chi connectivity index (χ0) is 48.0. The molecule has 8 rings (SSSR count). The number of nitrogens with zero attached hydrogens (tertiary/aromatic N) is 1. The van der Waals surface area contributed by atoms with Gasteiger partial charge in [-0.15, -0.1) is 0 Å². The van der Waals surface area contributed by atoms with E-state index in [0.717, 1.165) is 124 Å². The summed E-state index contributed by atoms with van der Waals surface area (Å²) >= 11 is 0. The van der Waals surface area contributed by atoms with Crippen molar-refractivity contribution in [2.75, 3.05) is 39.4 Å². The normalized spacial score (nSPS) is 22.1. The first-order valence-corrected chi connectivity index (χ1v) is 25.7. The molecule has 4 aromatic rings. The summed E-state index contributed by atoms with van der Waals surface area (Å²) in [4.78, 5) is 36.4. The molecular formula is C58H82N2O7. The van der Waals surface area contributed by atoms with Crippen molar-refractivity contribution in [2.45, 2.75) is 151 Å². The second-order valence-corrected chi connectivity index (χ2v) is 21.7. The fourth-order valence-corrected chi connectivity index (χ4v) is 10.5. The van der Waals surface area contributed by atoms with Crippen LogP contribution in [-0.4, -0.2) is 74.7 Å². The Labute approximate surface area is 402 Å². The van der Waals surface area contributed by atoms with Gasteiger partial charge in [0.2, 0.25) is 0 Å². The van der Waals surface area contributed by atoms with Crippen LogP contribution in [0.3, 0.4) is 0 Å². The number of carbonyl (C=O) groups excluding carboxylic acids is 3. The Kier molecular flexibility index (Phi) is 19.1. The van der Waals surface area contributed by atoms with E-state index in [1.165, 1.54) is 42.0 Å². The third kappa shape index (κ3) is 15.8. The summed E-state index contributed by atoms with van der Waals surface area (Å²) in [6, 6.07) is 25.2. The number of esters is 2.